The van der Waals surface area contributed by atoms with Gasteiger partial charge in [0, 0.05) is 55.0 Å². The molecular formula is C31H38ClNO5. The summed E-state index contributed by atoms with van der Waals surface area (Å²) >= 11 is 6.73. The van der Waals surface area contributed by atoms with Gasteiger partial charge in [0.25, 0.3) is 0 Å². The van der Waals surface area contributed by atoms with Crippen LogP contribution in [0.2, 0.25) is 5.02 Å². The number of hydrogen-bond acceptors (Lipinski definition) is 6. The molecule has 0 N–H and O–H groups in total. The third kappa shape index (κ3) is 5.37. The van der Waals surface area contributed by atoms with Gasteiger partial charge in [0.2, 0.25) is 0 Å². The van der Waals surface area contributed by atoms with Gasteiger partial charge in [0.1, 0.15) is 6.61 Å². The van der Waals surface area contributed by atoms with E-state index in [0.717, 1.165) is 29.8 Å². The number of nitrogens with zero attached hydrogens (tertiary/aromatic N) is 1. The molecular weight excluding hydrogens is 502 g/mol. The Hall–Kier alpha value is -2.75. The first-order chi connectivity index (χ1) is 17.9. The maximum atomic E-state index is 13.9. The number of rotatable bonds is 8. The molecule has 1 heterocycles. The SMILES string of the molecule is C#CCOc1c(Cl)cc(C2C3=C(CC(C)(C)CC3=O)N(CCOC)C3=C2C(=O)CC(C)(C)C3)cc1OCC. The number of carbonyl (C=O) groups is 2. The Bertz CT molecular complexity index is 1200. The fraction of sp³-hybridized carbons (Fsp3) is 0.548. The van der Waals surface area contributed by atoms with E-state index in [1.165, 1.54) is 0 Å². The molecule has 0 saturated heterocycles. The summed E-state index contributed by atoms with van der Waals surface area (Å²) in [5.74, 6) is 2.87. The summed E-state index contributed by atoms with van der Waals surface area (Å²) in [6.07, 6.45) is 7.70. The first-order valence-electron chi connectivity index (χ1n) is 13.2. The van der Waals surface area contributed by atoms with Gasteiger partial charge in [-0.1, -0.05) is 45.2 Å². The Morgan fingerprint density at radius 2 is 1.58 bits per heavy atom. The van der Waals surface area contributed by atoms with E-state index in [1.807, 2.05) is 13.0 Å². The number of allylic oxidation sites excluding steroid dienone is 4. The second-order valence-corrected chi connectivity index (χ2v) is 12.3. The lowest BCUT2D eigenvalue weighted by molar-refractivity contribution is -0.119. The van der Waals surface area contributed by atoms with Crippen LogP contribution in [0.1, 0.15) is 71.8 Å². The van der Waals surface area contributed by atoms with Crippen molar-refractivity contribution in [3.05, 3.63) is 45.3 Å². The largest absolute Gasteiger partial charge is 0.490 e. The first kappa shape index (κ1) is 28.3. The highest BCUT2D eigenvalue weighted by molar-refractivity contribution is 6.32. The third-order valence-corrected chi connectivity index (χ3v) is 7.79. The van der Waals surface area contributed by atoms with Gasteiger partial charge in [-0.15, -0.1) is 6.42 Å². The molecule has 0 fully saturated rings. The van der Waals surface area contributed by atoms with Crippen molar-refractivity contribution in [1.82, 2.24) is 4.90 Å². The highest BCUT2D eigenvalue weighted by Crippen LogP contribution is 2.55. The van der Waals surface area contributed by atoms with Crippen molar-refractivity contribution >= 4 is 23.2 Å². The number of benzene rings is 1. The number of methoxy groups -OCH3 is 1. The molecule has 2 aliphatic carbocycles. The van der Waals surface area contributed by atoms with Crippen molar-refractivity contribution in [3.8, 4) is 23.8 Å². The van der Waals surface area contributed by atoms with Crippen LogP contribution in [0, 0.1) is 23.2 Å². The molecule has 6 nitrogen and oxygen atoms in total. The van der Waals surface area contributed by atoms with E-state index in [0.29, 0.717) is 60.3 Å². The Kier molecular flexibility index (Phi) is 8.02. The molecule has 204 valence electrons. The van der Waals surface area contributed by atoms with E-state index in [2.05, 4.69) is 38.5 Å². The van der Waals surface area contributed by atoms with Crippen molar-refractivity contribution in [1.29, 1.82) is 0 Å². The molecule has 7 heteroatoms. The molecule has 3 aliphatic rings. The minimum Gasteiger partial charge on any atom is -0.490 e. The highest BCUT2D eigenvalue weighted by atomic mass is 35.5. The van der Waals surface area contributed by atoms with Crippen LogP contribution >= 0.6 is 11.6 Å². The summed E-state index contributed by atoms with van der Waals surface area (Å²) < 4.78 is 17.1. The monoisotopic (exact) mass is 539 g/mol. The van der Waals surface area contributed by atoms with Crippen LogP contribution in [0.15, 0.2) is 34.7 Å². The average Bonchev–Trinajstić information content (AvgIpc) is 2.80. The molecule has 1 aromatic rings. The molecule has 0 radical (unpaired) electrons. The van der Waals surface area contributed by atoms with E-state index in [-0.39, 0.29) is 29.0 Å². The smallest absolute Gasteiger partial charge is 0.181 e. The molecule has 0 saturated carbocycles. The lowest BCUT2D eigenvalue weighted by Gasteiger charge is -2.49. The van der Waals surface area contributed by atoms with Gasteiger partial charge in [0.05, 0.1) is 18.2 Å². The highest BCUT2D eigenvalue weighted by Gasteiger charge is 2.49. The lowest BCUT2D eigenvalue weighted by atomic mass is 9.63. The van der Waals surface area contributed by atoms with Gasteiger partial charge in [-0.05, 0) is 48.3 Å². The quantitative estimate of drug-likeness (QED) is 0.373. The normalized spacial score (nSPS) is 20.7. The fourth-order valence-corrected chi connectivity index (χ4v) is 6.38. The minimum absolute atomic E-state index is 0.0444. The molecule has 0 atom stereocenters. The maximum absolute atomic E-state index is 13.9. The summed E-state index contributed by atoms with van der Waals surface area (Å²) in [5.41, 5.74) is 3.70. The van der Waals surface area contributed by atoms with Crippen LogP contribution in [0.3, 0.4) is 0 Å². The van der Waals surface area contributed by atoms with Crippen LogP contribution in [0.5, 0.6) is 11.5 Å². The number of terminal acetylenes is 1. The van der Waals surface area contributed by atoms with Crippen molar-refractivity contribution < 1.29 is 23.8 Å². The molecule has 0 spiro atoms. The van der Waals surface area contributed by atoms with Crippen molar-refractivity contribution in [2.75, 3.05) is 33.5 Å². The molecule has 1 aliphatic heterocycles. The van der Waals surface area contributed by atoms with Crippen molar-refractivity contribution in [3.63, 3.8) is 0 Å². The second-order valence-electron chi connectivity index (χ2n) is 11.9. The predicted octanol–water partition coefficient (Wildman–Crippen LogP) is 6.08. The fourth-order valence-electron chi connectivity index (χ4n) is 6.11. The Morgan fingerprint density at radius 3 is 2.08 bits per heavy atom. The molecule has 0 bridgehead atoms. The van der Waals surface area contributed by atoms with E-state index >= 15 is 0 Å². The van der Waals surface area contributed by atoms with Gasteiger partial charge < -0.3 is 19.1 Å². The van der Waals surface area contributed by atoms with Gasteiger partial charge in [0.15, 0.2) is 23.1 Å². The number of halogens is 1. The number of ether oxygens (including phenoxy) is 3. The molecule has 4 rings (SSSR count). The van der Waals surface area contributed by atoms with Crippen molar-refractivity contribution in [2.24, 2.45) is 10.8 Å². The molecule has 1 aromatic carbocycles. The number of Topliss-reactive ketones (excluding diaryl/α,β-unsaturated/α-hetero) is 2. The van der Waals surface area contributed by atoms with Crippen LogP contribution in [-0.2, 0) is 14.3 Å². The van der Waals surface area contributed by atoms with E-state index in [1.54, 1.807) is 13.2 Å². The zero-order valence-electron chi connectivity index (χ0n) is 23.3. The number of hydrogen-bond donors (Lipinski definition) is 0. The first-order valence-corrected chi connectivity index (χ1v) is 13.6. The molecule has 0 amide bonds. The second kappa shape index (κ2) is 10.8. The zero-order valence-corrected chi connectivity index (χ0v) is 24.1. The molecule has 0 aromatic heterocycles. The maximum Gasteiger partial charge on any atom is 0.181 e. The van der Waals surface area contributed by atoms with E-state index < -0.39 is 5.92 Å². The summed E-state index contributed by atoms with van der Waals surface area (Å²) in [4.78, 5) is 30.0. The van der Waals surface area contributed by atoms with Gasteiger partial charge in [-0.2, -0.15) is 0 Å². The number of carbonyl (C=O) groups excluding carboxylic acids is 2. The third-order valence-electron chi connectivity index (χ3n) is 7.51. The van der Waals surface area contributed by atoms with Gasteiger partial charge in [-0.25, -0.2) is 0 Å². The van der Waals surface area contributed by atoms with E-state index in [9.17, 15) is 9.59 Å². The zero-order chi connectivity index (χ0) is 27.8. The lowest BCUT2D eigenvalue weighted by Crippen LogP contribution is -2.45. The minimum atomic E-state index is -0.524. The van der Waals surface area contributed by atoms with Crippen LogP contribution in [-0.4, -0.2) is 49.9 Å². The summed E-state index contributed by atoms with van der Waals surface area (Å²) in [5, 5.41) is 0.333. The van der Waals surface area contributed by atoms with Crippen LogP contribution in [0.4, 0.5) is 0 Å². The molecule has 38 heavy (non-hydrogen) atoms. The van der Waals surface area contributed by atoms with Gasteiger partial charge >= 0.3 is 0 Å². The summed E-state index contributed by atoms with van der Waals surface area (Å²) in [6, 6.07) is 3.65. The Morgan fingerprint density at radius 1 is 1.00 bits per heavy atom. The predicted molar refractivity (Wildman–Crippen MR) is 148 cm³/mol. The average molecular weight is 540 g/mol. The van der Waals surface area contributed by atoms with Gasteiger partial charge in [-0.3, -0.25) is 9.59 Å². The van der Waals surface area contributed by atoms with E-state index in [4.69, 9.17) is 32.2 Å². The molecule has 0 unspecified atom stereocenters. The van der Waals surface area contributed by atoms with Crippen LogP contribution in [0.25, 0.3) is 0 Å². The summed E-state index contributed by atoms with van der Waals surface area (Å²) in [6.45, 7) is 11.9. The topological polar surface area (TPSA) is 65.1 Å². The Labute approximate surface area is 231 Å². The van der Waals surface area contributed by atoms with Crippen LogP contribution < -0.4 is 9.47 Å². The standard InChI is InChI=1S/C31H38ClNO5/c1-8-11-38-29-20(32)13-19(14-25(29)37-9-2)26-27-21(15-30(3,4)17-23(27)34)33(10-12-36-7)22-16-31(5,6)18-24(35)28(22)26/h1,13-14,26H,9-12,15-18H2,2-7H3. The summed E-state index contributed by atoms with van der Waals surface area (Å²) in [7, 11) is 1.67. The number of ketones is 2. The van der Waals surface area contributed by atoms with Crippen molar-refractivity contribution in [2.45, 2.75) is 66.2 Å². The Balaban J connectivity index is 1.99.